The van der Waals surface area contributed by atoms with Crippen molar-refractivity contribution in [2.45, 2.75) is 40.0 Å². The number of fused-ring (bicyclic) bond motifs is 1. The lowest BCUT2D eigenvalue weighted by molar-refractivity contribution is 0.0694. The molecule has 3 aliphatic rings. The molecule has 0 amide bonds. The SMILES string of the molecule is CC1C=C(Cl)C=CC1C1=C(CN2CCN(c3ccc(C(=O)O)c(Oc4cnc5[nH]ccc5c4)c3)CC2)CCC(C)(C)C1. The van der Waals surface area contributed by atoms with Crippen LogP contribution < -0.4 is 9.64 Å². The summed E-state index contributed by atoms with van der Waals surface area (Å²) in [5, 5.41) is 11.6. The average molecular weight is 587 g/mol. The van der Waals surface area contributed by atoms with Gasteiger partial charge in [0.25, 0.3) is 0 Å². The first-order chi connectivity index (χ1) is 20.1. The Morgan fingerprint density at radius 1 is 1.19 bits per heavy atom. The summed E-state index contributed by atoms with van der Waals surface area (Å²) < 4.78 is 6.08. The molecule has 0 bridgehead atoms. The summed E-state index contributed by atoms with van der Waals surface area (Å²) in [5.41, 5.74) is 5.39. The Labute approximate surface area is 252 Å². The second kappa shape index (κ2) is 11.6. The number of nitrogens with one attached hydrogen (secondary N) is 1. The van der Waals surface area contributed by atoms with Crippen molar-refractivity contribution in [3.05, 3.63) is 82.7 Å². The molecule has 42 heavy (non-hydrogen) atoms. The van der Waals surface area contributed by atoms with Crippen LogP contribution in [0.15, 0.2) is 77.1 Å². The van der Waals surface area contributed by atoms with Gasteiger partial charge in [-0.25, -0.2) is 9.78 Å². The van der Waals surface area contributed by atoms with Crippen LogP contribution in [-0.4, -0.2) is 58.7 Å². The molecule has 1 fully saturated rings. The summed E-state index contributed by atoms with van der Waals surface area (Å²) in [4.78, 5) is 24.3. The van der Waals surface area contributed by atoms with E-state index in [4.69, 9.17) is 16.3 Å². The minimum atomic E-state index is -1.02. The van der Waals surface area contributed by atoms with Gasteiger partial charge in [0.05, 0.1) is 6.20 Å². The second-order valence-electron chi connectivity index (χ2n) is 12.7. The Morgan fingerprint density at radius 3 is 2.76 bits per heavy atom. The van der Waals surface area contributed by atoms with E-state index in [1.165, 1.54) is 6.42 Å². The van der Waals surface area contributed by atoms with E-state index < -0.39 is 5.97 Å². The number of halogens is 1. The maximum Gasteiger partial charge on any atom is 0.339 e. The summed E-state index contributed by atoms with van der Waals surface area (Å²) >= 11 is 6.32. The minimum Gasteiger partial charge on any atom is -0.478 e. The Hall–Kier alpha value is -3.55. The molecule has 1 aliphatic heterocycles. The van der Waals surface area contributed by atoms with Crippen molar-refractivity contribution in [3.63, 3.8) is 0 Å². The number of piperazine rings is 1. The molecule has 2 N–H and O–H groups in total. The van der Waals surface area contributed by atoms with Crippen LogP contribution in [0.5, 0.6) is 11.5 Å². The molecule has 7 nitrogen and oxygen atoms in total. The quantitative estimate of drug-likeness (QED) is 0.277. The highest BCUT2D eigenvalue weighted by Crippen LogP contribution is 2.45. The first kappa shape index (κ1) is 28.6. The molecule has 2 aliphatic carbocycles. The molecular formula is C34H39ClN4O3. The van der Waals surface area contributed by atoms with Crippen LogP contribution in [0, 0.1) is 17.3 Å². The van der Waals surface area contributed by atoms with Crippen molar-refractivity contribution in [2.75, 3.05) is 37.6 Å². The molecule has 2 unspecified atom stereocenters. The normalized spacial score (nSPS) is 22.9. The molecule has 1 aromatic carbocycles. The summed E-state index contributed by atoms with van der Waals surface area (Å²) in [7, 11) is 0. The summed E-state index contributed by atoms with van der Waals surface area (Å²) in [6, 6.07) is 9.15. The van der Waals surface area contributed by atoms with Crippen LogP contribution in [0.3, 0.4) is 0 Å². The number of nitrogens with zero attached hydrogens (tertiary/aromatic N) is 3. The van der Waals surface area contributed by atoms with Gasteiger partial charge in [-0.2, -0.15) is 0 Å². The lowest BCUT2D eigenvalue weighted by Crippen LogP contribution is -2.47. The van der Waals surface area contributed by atoms with Gasteiger partial charge in [0, 0.05) is 67.0 Å². The van der Waals surface area contributed by atoms with Crippen LogP contribution in [0.2, 0.25) is 0 Å². The zero-order valence-electron chi connectivity index (χ0n) is 24.6. The van der Waals surface area contributed by atoms with Crippen LogP contribution in [-0.2, 0) is 0 Å². The lowest BCUT2D eigenvalue weighted by atomic mass is 9.68. The van der Waals surface area contributed by atoms with Gasteiger partial charge in [0.2, 0.25) is 0 Å². The number of aromatic amines is 1. The average Bonchev–Trinajstić information content (AvgIpc) is 3.42. The van der Waals surface area contributed by atoms with Crippen molar-refractivity contribution in [3.8, 4) is 11.5 Å². The molecule has 0 radical (unpaired) electrons. The fourth-order valence-electron chi connectivity index (χ4n) is 6.63. The van der Waals surface area contributed by atoms with Crippen LogP contribution in [0.25, 0.3) is 11.0 Å². The molecule has 6 rings (SSSR count). The van der Waals surface area contributed by atoms with E-state index in [2.05, 4.69) is 58.8 Å². The number of carboxylic acid groups (broad SMARTS) is 1. The summed E-state index contributed by atoms with van der Waals surface area (Å²) in [5.74, 6) is 0.636. The molecule has 2 atom stereocenters. The zero-order valence-corrected chi connectivity index (χ0v) is 25.3. The fourth-order valence-corrected chi connectivity index (χ4v) is 6.90. The van der Waals surface area contributed by atoms with Gasteiger partial charge in [-0.15, -0.1) is 0 Å². The largest absolute Gasteiger partial charge is 0.478 e. The lowest BCUT2D eigenvalue weighted by Gasteiger charge is -2.41. The number of aromatic nitrogens is 2. The molecular weight excluding hydrogens is 548 g/mol. The molecule has 0 saturated carbocycles. The van der Waals surface area contributed by atoms with E-state index in [-0.39, 0.29) is 5.56 Å². The number of carboxylic acids is 1. The Morgan fingerprint density at radius 2 is 2.00 bits per heavy atom. The van der Waals surface area contributed by atoms with Gasteiger partial charge in [-0.3, -0.25) is 4.90 Å². The van der Waals surface area contributed by atoms with E-state index in [1.54, 1.807) is 23.4 Å². The summed E-state index contributed by atoms with van der Waals surface area (Å²) in [6.07, 6.45) is 13.5. The van der Waals surface area contributed by atoms with Crippen molar-refractivity contribution in [1.82, 2.24) is 14.9 Å². The van der Waals surface area contributed by atoms with Gasteiger partial charge in [-0.05, 0) is 60.9 Å². The third-order valence-electron chi connectivity index (χ3n) is 9.03. The number of rotatable bonds is 7. The van der Waals surface area contributed by atoms with Crippen molar-refractivity contribution in [1.29, 1.82) is 0 Å². The first-order valence-corrected chi connectivity index (χ1v) is 15.2. The number of allylic oxidation sites excluding steroid dienone is 5. The Bertz CT molecular complexity index is 1580. The van der Waals surface area contributed by atoms with Crippen LogP contribution in [0.1, 0.15) is 50.4 Å². The standard InChI is InChI=1S/C34H39ClN4O3/c1-22-16-25(35)4-6-28(22)30-19-34(2,3)10-8-24(30)21-38-12-14-39(15-13-38)26-5-7-29(33(40)41)31(18-26)42-27-17-23-9-11-36-32(23)37-20-27/h4-7,9,11,16-18,20,22,28H,8,10,12-15,19,21H2,1-3H3,(H,36,37)(H,40,41). The number of benzene rings is 1. The topological polar surface area (TPSA) is 81.7 Å². The Kier molecular flexibility index (Phi) is 7.90. The van der Waals surface area contributed by atoms with E-state index in [9.17, 15) is 9.90 Å². The maximum atomic E-state index is 12.0. The molecule has 8 heteroatoms. The monoisotopic (exact) mass is 586 g/mol. The third kappa shape index (κ3) is 6.13. The number of hydrogen-bond donors (Lipinski definition) is 2. The van der Waals surface area contributed by atoms with Crippen LogP contribution in [0.4, 0.5) is 5.69 Å². The first-order valence-electron chi connectivity index (χ1n) is 14.9. The van der Waals surface area contributed by atoms with Gasteiger partial charge in [0.1, 0.15) is 22.7 Å². The maximum absolute atomic E-state index is 12.0. The molecule has 220 valence electrons. The number of H-pyrrole nitrogens is 1. The van der Waals surface area contributed by atoms with Crippen molar-refractivity contribution in [2.24, 2.45) is 17.3 Å². The summed E-state index contributed by atoms with van der Waals surface area (Å²) in [6.45, 7) is 11.7. The van der Waals surface area contributed by atoms with Gasteiger partial charge in [0.15, 0.2) is 0 Å². The molecule has 3 heterocycles. The predicted molar refractivity (Wildman–Crippen MR) is 169 cm³/mol. The van der Waals surface area contributed by atoms with Crippen molar-refractivity contribution >= 4 is 34.3 Å². The highest BCUT2D eigenvalue weighted by molar-refractivity contribution is 6.31. The smallest absolute Gasteiger partial charge is 0.339 e. The molecule has 1 saturated heterocycles. The van der Waals surface area contributed by atoms with E-state index >= 15 is 0 Å². The van der Waals surface area contributed by atoms with Gasteiger partial charge >= 0.3 is 5.97 Å². The Balaban J connectivity index is 1.16. The number of carbonyl (C=O) groups is 1. The van der Waals surface area contributed by atoms with Crippen LogP contribution >= 0.6 is 11.6 Å². The molecule has 0 spiro atoms. The highest BCUT2D eigenvalue weighted by atomic mass is 35.5. The highest BCUT2D eigenvalue weighted by Gasteiger charge is 2.33. The predicted octanol–water partition coefficient (Wildman–Crippen LogP) is 7.63. The number of aromatic carboxylic acids is 1. The van der Waals surface area contributed by atoms with E-state index in [0.717, 1.165) is 67.3 Å². The van der Waals surface area contributed by atoms with Gasteiger partial charge < -0.3 is 19.7 Å². The minimum absolute atomic E-state index is 0.133. The van der Waals surface area contributed by atoms with Crippen molar-refractivity contribution < 1.29 is 14.6 Å². The third-order valence-corrected chi connectivity index (χ3v) is 9.28. The van der Waals surface area contributed by atoms with E-state index in [0.29, 0.717) is 28.7 Å². The van der Waals surface area contributed by atoms with Gasteiger partial charge in [-0.1, -0.05) is 55.7 Å². The number of ether oxygens (including phenoxy) is 1. The number of pyridine rings is 1. The number of hydrogen-bond acceptors (Lipinski definition) is 5. The number of anilines is 1. The van der Waals surface area contributed by atoms with E-state index in [1.807, 2.05) is 30.5 Å². The fraction of sp³-hybridized carbons (Fsp3) is 0.412. The molecule has 2 aromatic heterocycles. The second-order valence-corrected chi connectivity index (χ2v) is 13.1. The zero-order chi connectivity index (χ0) is 29.4. The molecule has 3 aromatic rings.